The second-order valence-corrected chi connectivity index (χ2v) is 4.79. The third-order valence-electron chi connectivity index (χ3n) is 3.44. The van der Waals surface area contributed by atoms with Crippen LogP contribution in [0.1, 0.15) is 0 Å². The first kappa shape index (κ1) is 16.9. The molecular weight excluding hydrogens is 347 g/mol. The van der Waals surface area contributed by atoms with Gasteiger partial charge in [0, 0.05) is 56.2 Å². The van der Waals surface area contributed by atoms with Crippen molar-refractivity contribution in [2.75, 3.05) is 7.11 Å². The number of methoxy groups -OCH3 is 1. The second-order valence-electron chi connectivity index (χ2n) is 4.79. The topological polar surface area (TPSA) is 13.1 Å². The molecule has 1 radical (unpaired) electrons. The molecule has 0 saturated carbocycles. The Morgan fingerprint density at radius 3 is 2.45 bits per heavy atom. The van der Waals surface area contributed by atoms with Gasteiger partial charge in [-0.2, -0.15) is 30.3 Å². The number of pyridine rings is 1. The molecule has 3 aromatic rings. The third kappa shape index (κ3) is 3.45. The predicted octanol–water partition coefficient (Wildman–Crippen LogP) is 3.45. The molecule has 22 heavy (non-hydrogen) atoms. The maximum Gasteiger partial charge on any atom is 0.174 e. The molecule has 1 aromatic heterocycles. The molecule has 0 aliphatic heterocycles. The Bertz CT molecular complexity index is 756. The standard InChI is InChI=1S/C19H16NO.Y/c1-20-13-7-6-10-18(20)17-12-11-16(14-19(17)21-2)15-8-4-3-5-9-15;/h3-8,10-13H,1-2H3;/q-1;. The summed E-state index contributed by atoms with van der Waals surface area (Å²) >= 11 is 0. The minimum Gasteiger partial charge on any atom is -0.516 e. The zero-order valence-electron chi connectivity index (χ0n) is 12.7. The molecule has 107 valence electrons. The predicted molar refractivity (Wildman–Crippen MR) is 82.7 cm³/mol. The van der Waals surface area contributed by atoms with Gasteiger partial charge in [-0.3, -0.25) is 0 Å². The zero-order chi connectivity index (χ0) is 14.7. The molecule has 3 rings (SSSR count). The van der Waals surface area contributed by atoms with Crippen LogP contribution in [0.2, 0.25) is 0 Å². The third-order valence-corrected chi connectivity index (χ3v) is 3.44. The Morgan fingerprint density at radius 1 is 0.955 bits per heavy atom. The van der Waals surface area contributed by atoms with Crippen LogP contribution < -0.4 is 9.30 Å². The first-order chi connectivity index (χ1) is 10.3. The van der Waals surface area contributed by atoms with Gasteiger partial charge in [0.2, 0.25) is 0 Å². The number of aryl methyl sites for hydroxylation is 1. The Hall–Kier alpha value is -1.51. The monoisotopic (exact) mass is 363 g/mol. The second kappa shape index (κ2) is 7.66. The molecule has 0 saturated heterocycles. The molecular formula is C19H16NOY-. The Morgan fingerprint density at radius 2 is 1.77 bits per heavy atom. The minimum absolute atomic E-state index is 0. The maximum absolute atomic E-state index is 5.53. The Labute approximate surface area is 156 Å². The van der Waals surface area contributed by atoms with Crippen LogP contribution >= 0.6 is 0 Å². The Kier molecular flexibility index (Phi) is 5.87. The molecule has 0 aliphatic rings. The molecule has 1 heterocycles. The van der Waals surface area contributed by atoms with E-state index >= 15 is 0 Å². The van der Waals surface area contributed by atoms with Crippen molar-refractivity contribution in [3.05, 3.63) is 72.9 Å². The van der Waals surface area contributed by atoms with E-state index in [1.54, 1.807) is 7.11 Å². The van der Waals surface area contributed by atoms with Gasteiger partial charge in [-0.15, -0.1) is 18.2 Å². The van der Waals surface area contributed by atoms with Gasteiger partial charge < -0.3 is 4.74 Å². The largest absolute Gasteiger partial charge is 0.516 e. The average Bonchev–Trinajstić information content (AvgIpc) is 2.56. The number of hydrogen-bond donors (Lipinski definition) is 0. The van der Waals surface area contributed by atoms with Crippen molar-refractivity contribution in [2.24, 2.45) is 7.05 Å². The van der Waals surface area contributed by atoms with Crippen LogP contribution in [-0.2, 0) is 39.8 Å². The van der Waals surface area contributed by atoms with Gasteiger partial charge in [0.15, 0.2) is 11.9 Å². The number of nitrogens with zero attached hydrogens (tertiary/aromatic N) is 1. The van der Waals surface area contributed by atoms with Crippen molar-refractivity contribution in [1.82, 2.24) is 0 Å². The van der Waals surface area contributed by atoms with Crippen molar-refractivity contribution in [2.45, 2.75) is 0 Å². The van der Waals surface area contributed by atoms with E-state index in [1.807, 2.05) is 49.6 Å². The SMILES string of the molecule is COc1[c-]c(-c2[c-]cccc2)ccc1-c1cccc[n+]1C.[Y]. The molecule has 2 aromatic carbocycles. The summed E-state index contributed by atoms with van der Waals surface area (Å²) in [7, 11) is 3.70. The summed E-state index contributed by atoms with van der Waals surface area (Å²) < 4.78 is 7.60. The van der Waals surface area contributed by atoms with Gasteiger partial charge in [-0.05, 0) is 0 Å². The number of rotatable bonds is 3. The van der Waals surface area contributed by atoms with Crippen molar-refractivity contribution >= 4 is 0 Å². The summed E-state index contributed by atoms with van der Waals surface area (Å²) in [4.78, 5) is 0. The maximum atomic E-state index is 5.53. The molecule has 0 aliphatic carbocycles. The van der Waals surface area contributed by atoms with E-state index in [9.17, 15) is 0 Å². The van der Waals surface area contributed by atoms with E-state index in [4.69, 9.17) is 4.74 Å². The fraction of sp³-hybridized carbons (Fsp3) is 0.105. The minimum atomic E-state index is 0. The number of benzene rings is 2. The van der Waals surface area contributed by atoms with Gasteiger partial charge in [0.25, 0.3) is 0 Å². The summed E-state index contributed by atoms with van der Waals surface area (Å²) in [5.74, 6) is 0.742. The van der Waals surface area contributed by atoms with E-state index in [1.165, 1.54) is 0 Å². The van der Waals surface area contributed by atoms with Gasteiger partial charge in [0.05, 0.1) is 7.11 Å². The summed E-state index contributed by atoms with van der Waals surface area (Å²) in [6.07, 6.45) is 2.02. The molecule has 0 unspecified atom stereocenters. The molecule has 0 bridgehead atoms. The van der Waals surface area contributed by atoms with Crippen molar-refractivity contribution < 1.29 is 42.0 Å². The van der Waals surface area contributed by atoms with Crippen LogP contribution in [0.3, 0.4) is 0 Å². The van der Waals surface area contributed by atoms with E-state index in [0.717, 1.165) is 28.1 Å². The molecule has 2 nitrogen and oxygen atoms in total. The summed E-state index contributed by atoms with van der Waals surface area (Å²) in [5.41, 5.74) is 4.11. The first-order valence-corrected chi connectivity index (χ1v) is 6.82. The van der Waals surface area contributed by atoms with Crippen LogP contribution in [0.25, 0.3) is 22.4 Å². The van der Waals surface area contributed by atoms with Gasteiger partial charge in [0.1, 0.15) is 7.05 Å². The van der Waals surface area contributed by atoms with Crippen LogP contribution in [0, 0.1) is 12.1 Å². The number of ether oxygens (including phenoxy) is 1. The van der Waals surface area contributed by atoms with Crippen LogP contribution in [-0.4, -0.2) is 7.11 Å². The van der Waals surface area contributed by atoms with Crippen molar-refractivity contribution in [3.63, 3.8) is 0 Å². The van der Waals surface area contributed by atoms with E-state index in [-0.39, 0.29) is 32.7 Å². The summed E-state index contributed by atoms with van der Waals surface area (Å²) in [6.45, 7) is 0. The quantitative estimate of drug-likeness (QED) is 0.513. The first-order valence-electron chi connectivity index (χ1n) is 6.82. The number of aromatic nitrogens is 1. The smallest absolute Gasteiger partial charge is 0.174 e. The molecule has 0 amide bonds. The molecule has 0 spiro atoms. The Balaban J connectivity index is 0.00000176. The van der Waals surface area contributed by atoms with E-state index < -0.39 is 0 Å². The molecule has 3 heteroatoms. The summed E-state index contributed by atoms with van der Waals surface area (Å²) in [6, 6.07) is 24.7. The fourth-order valence-electron chi connectivity index (χ4n) is 2.36. The number of hydrogen-bond acceptors (Lipinski definition) is 1. The van der Waals surface area contributed by atoms with Crippen molar-refractivity contribution in [1.29, 1.82) is 0 Å². The average molecular weight is 363 g/mol. The molecule has 0 N–H and O–H groups in total. The van der Waals surface area contributed by atoms with Gasteiger partial charge in [-0.1, -0.05) is 6.07 Å². The van der Waals surface area contributed by atoms with Gasteiger partial charge in [-0.25, -0.2) is 15.7 Å². The molecule has 0 fully saturated rings. The van der Waals surface area contributed by atoms with E-state index in [0.29, 0.717) is 0 Å². The van der Waals surface area contributed by atoms with Crippen LogP contribution in [0.5, 0.6) is 5.75 Å². The fourth-order valence-corrected chi connectivity index (χ4v) is 2.36. The normalized spacial score (nSPS) is 9.91. The zero-order valence-corrected chi connectivity index (χ0v) is 15.5. The molecule has 0 atom stereocenters. The van der Waals surface area contributed by atoms with Crippen LogP contribution in [0.15, 0.2) is 60.8 Å². The van der Waals surface area contributed by atoms with Crippen molar-refractivity contribution in [3.8, 4) is 28.1 Å². The van der Waals surface area contributed by atoms with E-state index in [2.05, 4.69) is 34.9 Å². The van der Waals surface area contributed by atoms with Crippen LogP contribution in [0.4, 0.5) is 0 Å². The van der Waals surface area contributed by atoms with Gasteiger partial charge >= 0.3 is 0 Å². The summed E-state index contributed by atoms with van der Waals surface area (Å²) in [5, 5.41) is 0.